The number of carbonyl (C=O) groups excluding carboxylic acids is 3. The molecule has 3 rings (SSSR count). The Morgan fingerprint density at radius 2 is 1.85 bits per heavy atom. The molecule has 27 heavy (non-hydrogen) atoms. The van der Waals surface area contributed by atoms with Crippen molar-refractivity contribution >= 4 is 46.2 Å². The third kappa shape index (κ3) is 4.67. The first-order valence-electron chi connectivity index (χ1n) is 8.58. The van der Waals surface area contributed by atoms with Crippen molar-refractivity contribution in [3.63, 3.8) is 0 Å². The summed E-state index contributed by atoms with van der Waals surface area (Å²) in [6.45, 7) is 2.29. The standard InChI is InChI=1S/C20H20N2O3S2/c1-3-14-6-8-15(9-7-14)12-21(2)18(23)13-22-19(24)17(27-20(22)25)11-16-5-4-10-26-16/h4-11H,3,12-13H2,1-2H3/b17-11-. The summed E-state index contributed by atoms with van der Waals surface area (Å²) in [5, 5.41) is 1.50. The number of hydrogen-bond acceptors (Lipinski definition) is 5. The van der Waals surface area contributed by atoms with Gasteiger partial charge in [-0.15, -0.1) is 11.3 Å². The Labute approximate surface area is 166 Å². The van der Waals surface area contributed by atoms with Crippen LogP contribution in [-0.4, -0.2) is 40.4 Å². The van der Waals surface area contributed by atoms with E-state index < -0.39 is 11.1 Å². The van der Waals surface area contributed by atoms with Gasteiger partial charge in [-0.3, -0.25) is 19.3 Å². The average molecular weight is 401 g/mol. The number of amides is 3. The number of carbonyl (C=O) groups is 3. The molecule has 0 bridgehead atoms. The van der Waals surface area contributed by atoms with Gasteiger partial charge in [-0.25, -0.2) is 0 Å². The molecule has 5 nitrogen and oxygen atoms in total. The van der Waals surface area contributed by atoms with E-state index in [1.54, 1.807) is 13.1 Å². The van der Waals surface area contributed by atoms with Crippen molar-refractivity contribution in [2.24, 2.45) is 0 Å². The SMILES string of the molecule is CCc1ccc(CN(C)C(=O)CN2C(=O)S/C(=C\c3cccs3)C2=O)cc1. The number of benzene rings is 1. The van der Waals surface area contributed by atoms with E-state index >= 15 is 0 Å². The quantitative estimate of drug-likeness (QED) is 0.688. The fourth-order valence-electron chi connectivity index (χ4n) is 2.64. The van der Waals surface area contributed by atoms with E-state index in [0.29, 0.717) is 11.4 Å². The molecule has 1 aromatic carbocycles. The molecule has 0 spiro atoms. The molecule has 7 heteroatoms. The van der Waals surface area contributed by atoms with Crippen LogP contribution in [0.1, 0.15) is 22.9 Å². The molecule has 0 saturated carbocycles. The third-order valence-electron chi connectivity index (χ3n) is 4.26. The molecule has 140 valence electrons. The minimum absolute atomic E-state index is 0.240. The van der Waals surface area contributed by atoms with Crippen molar-refractivity contribution in [3.8, 4) is 0 Å². The highest BCUT2D eigenvalue weighted by atomic mass is 32.2. The Balaban J connectivity index is 1.62. The molecule has 1 aliphatic rings. The Bertz CT molecular complexity index is 873. The first kappa shape index (κ1) is 19.4. The zero-order valence-electron chi connectivity index (χ0n) is 15.2. The summed E-state index contributed by atoms with van der Waals surface area (Å²) in [6, 6.07) is 11.8. The monoisotopic (exact) mass is 400 g/mol. The van der Waals surface area contributed by atoms with Crippen molar-refractivity contribution in [1.82, 2.24) is 9.80 Å². The topological polar surface area (TPSA) is 57.7 Å². The molecule has 1 aliphatic heterocycles. The lowest BCUT2D eigenvalue weighted by Crippen LogP contribution is -2.40. The van der Waals surface area contributed by atoms with Gasteiger partial charge in [-0.1, -0.05) is 37.3 Å². The summed E-state index contributed by atoms with van der Waals surface area (Å²) in [4.78, 5) is 41.0. The molecular weight excluding hydrogens is 380 g/mol. The van der Waals surface area contributed by atoms with Crippen molar-refractivity contribution in [2.45, 2.75) is 19.9 Å². The largest absolute Gasteiger partial charge is 0.340 e. The van der Waals surface area contributed by atoms with E-state index in [2.05, 4.69) is 6.92 Å². The highest BCUT2D eigenvalue weighted by molar-refractivity contribution is 8.18. The molecule has 0 atom stereocenters. The number of aryl methyl sites for hydroxylation is 1. The fourth-order valence-corrected chi connectivity index (χ4v) is 4.20. The normalized spacial score (nSPS) is 15.6. The van der Waals surface area contributed by atoms with E-state index in [1.807, 2.05) is 41.8 Å². The second-order valence-corrected chi connectivity index (χ2v) is 8.18. The van der Waals surface area contributed by atoms with Crippen molar-refractivity contribution in [1.29, 1.82) is 0 Å². The van der Waals surface area contributed by atoms with Crippen LogP contribution in [0.5, 0.6) is 0 Å². The Hall–Kier alpha value is -2.38. The van der Waals surface area contributed by atoms with Gasteiger partial charge in [-0.05, 0) is 46.8 Å². The number of rotatable bonds is 6. The van der Waals surface area contributed by atoms with E-state index in [0.717, 1.165) is 33.5 Å². The Kier molecular flexibility index (Phi) is 6.13. The van der Waals surface area contributed by atoms with Gasteiger partial charge in [0.05, 0.1) is 4.91 Å². The molecule has 3 amide bonds. The first-order chi connectivity index (χ1) is 13.0. The van der Waals surface area contributed by atoms with Gasteiger partial charge in [0, 0.05) is 18.5 Å². The first-order valence-corrected chi connectivity index (χ1v) is 10.3. The Morgan fingerprint density at radius 1 is 1.15 bits per heavy atom. The minimum Gasteiger partial charge on any atom is -0.340 e. The summed E-state index contributed by atoms with van der Waals surface area (Å²) in [7, 11) is 1.68. The van der Waals surface area contributed by atoms with Crippen LogP contribution < -0.4 is 0 Å². The average Bonchev–Trinajstić information content (AvgIpc) is 3.26. The fraction of sp³-hybridized carbons (Fsp3) is 0.250. The number of hydrogen-bond donors (Lipinski definition) is 0. The second-order valence-electron chi connectivity index (χ2n) is 6.20. The zero-order chi connectivity index (χ0) is 19.4. The van der Waals surface area contributed by atoms with Crippen molar-refractivity contribution < 1.29 is 14.4 Å². The van der Waals surface area contributed by atoms with Gasteiger partial charge < -0.3 is 4.90 Å². The molecule has 0 N–H and O–H groups in total. The van der Waals surface area contributed by atoms with Crippen LogP contribution in [0.2, 0.25) is 0 Å². The molecule has 0 unspecified atom stereocenters. The molecule has 2 heterocycles. The smallest absolute Gasteiger partial charge is 0.294 e. The number of likely N-dealkylation sites (N-methyl/N-ethyl adjacent to an activating group) is 1. The number of thiophene rings is 1. The van der Waals surface area contributed by atoms with E-state index in [4.69, 9.17) is 0 Å². The lowest BCUT2D eigenvalue weighted by molar-refractivity contribution is -0.135. The van der Waals surface area contributed by atoms with Crippen LogP contribution in [-0.2, 0) is 22.6 Å². The third-order valence-corrected chi connectivity index (χ3v) is 5.99. The van der Waals surface area contributed by atoms with Crippen LogP contribution >= 0.6 is 23.1 Å². The maximum atomic E-state index is 12.5. The van der Waals surface area contributed by atoms with Gasteiger partial charge >= 0.3 is 0 Å². The van der Waals surface area contributed by atoms with Crippen molar-refractivity contribution in [2.75, 3.05) is 13.6 Å². The number of thioether (sulfide) groups is 1. The minimum atomic E-state index is -0.410. The summed E-state index contributed by atoms with van der Waals surface area (Å²) < 4.78 is 0. The van der Waals surface area contributed by atoms with Gasteiger partial charge in [0.25, 0.3) is 11.1 Å². The summed E-state index contributed by atoms with van der Waals surface area (Å²) in [5.74, 6) is -0.679. The molecule has 0 aliphatic carbocycles. The molecule has 1 fully saturated rings. The summed E-state index contributed by atoms with van der Waals surface area (Å²) >= 11 is 2.37. The highest BCUT2D eigenvalue weighted by Crippen LogP contribution is 2.32. The van der Waals surface area contributed by atoms with E-state index in [-0.39, 0.29) is 12.5 Å². The molecular formula is C20H20N2O3S2. The van der Waals surface area contributed by atoms with Crippen molar-refractivity contribution in [3.05, 3.63) is 62.7 Å². The maximum absolute atomic E-state index is 12.5. The maximum Gasteiger partial charge on any atom is 0.294 e. The zero-order valence-corrected chi connectivity index (χ0v) is 16.8. The van der Waals surface area contributed by atoms with Crippen LogP contribution in [0.4, 0.5) is 4.79 Å². The Morgan fingerprint density at radius 3 is 2.48 bits per heavy atom. The van der Waals surface area contributed by atoms with Crippen LogP contribution in [0.15, 0.2) is 46.7 Å². The molecule has 0 radical (unpaired) electrons. The molecule has 2 aromatic rings. The molecule has 1 aromatic heterocycles. The predicted molar refractivity (Wildman–Crippen MR) is 109 cm³/mol. The second kappa shape index (κ2) is 8.54. The predicted octanol–water partition coefficient (Wildman–Crippen LogP) is 4.01. The summed E-state index contributed by atoms with van der Waals surface area (Å²) in [5.41, 5.74) is 2.25. The number of nitrogens with zero attached hydrogens (tertiary/aromatic N) is 2. The van der Waals surface area contributed by atoms with Gasteiger partial charge in [-0.2, -0.15) is 0 Å². The van der Waals surface area contributed by atoms with E-state index in [9.17, 15) is 14.4 Å². The van der Waals surface area contributed by atoms with Crippen LogP contribution in [0, 0.1) is 0 Å². The lowest BCUT2D eigenvalue weighted by atomic mass is 10.1. The van der Waals surface area contributed by atoms with E-state index in [1.165, 1.54) is 21.8 Å². The highest BCUT2D eigenvalue weighted by Gasteiger charge is 2.36. The van der Waals surface area contributed by atoms with Crippen LogP contribution in [0.3, 0.4) is 0 Å². The summed E-state index contributed by atoms with van der Waals surface area (Å²) in [6.07, 6.45) is 2.66. The van der Waals surface area contributed by atoms with Gasteiger partial charge in [0.1, 0.15) is 6.54 Å². The van der Waals surface area contributed by atoms with Gasteiger partial charge in [0.15, 0.2) is 0 Å². The molecule has 1 saturated heterocycles. The number of imide groups is 1. The van der Waals surface area contributed by atoms with Crippen LogP contribution in [0.25, 0.3) is 6.08 Å². The van der Waals surface area contributed by atoms with Gasteiger partial charge in [0.2, 0.25) is 5.91 Å². The lowest BCUT2D eigenvalue weighted by Gasteiger charge is -2.20.